The normalized spacial score (nSPS) is 10.1. The second kappa shape index (κ2) is 19.2. The first kappa shape index (κ1) is 17.0. The van der Waals surface area contributed by atoms with Gasteiger partial charge in [-0.1, -0.05) is 32.4 Å². The zero-order valence-electron chi connectivity index (χ0n) is 10.2. The van der Waals surface area contributed by atoms with Gasteiger partial charge in [-0.15, -0.1) is 0 Å². The van der Waals surface area contributed by atoms with Crippen LogP contribution in [0.1, 0.15) is 20.3 Å². The van der Waals surface area contributed by atoms with Crippen molar-refractivity contribution < 1.29 is 14.2 Å². The highest BCUT2D eigenvalue weighted by Gasteiger charge is 1.85. The van der Waals surface area contributed by atoms with E-state index in [1.54, 1.807) is 7.11 Å². The zero-order chi connectivity index (χ0) is 11.8. The summed E-state index contributed by atoms with van der Waals surface area (Å²) in [6.07, 6.45) is 4.95. The lowest BCUT2D eigenvalue weighted by Gasteiger charge is -2.02. The summed E-state index contributed by atoms with van der Waals surface area (Å²) in [5.74, 6) is 0. The Hall–Kier alpha value is -0.420. The lowest BCUT2D eigenvalue weighted by Crippen LogP contribution is -2.05. The molecular weight excluding hydrogens is 194 g/mol. The van der Waals surface area contributed by atoms with Crippen molar-refractivity contribution in [3.63, 3.8) is 0 Å². The topological polar surface area (TPSA) is 53.7 Å². The standard InChI is InChI=1S/C8H17NO3.C3H8/c1-10-6-7-12-8-11-5-3-2-4-9;1-3-2/h2-3H,4-9H2,1H3;3H2,1-2H3. The molecule has 0 aromatic rings. The lowest BCUT2D eigenvalue weighted by molar-refractivity contribution is -0.0571. The molecule has 0 spiro atoms. The fourth-order valence-electron chi connectivity index (χ4n) is 0.541. The molecule has 0 radical (unpaired) electrons. The first-order valence-corrected chi connectivity index (χ1v) is 5.32. The van der Waals surface area contributed by atoms with Crippen molar-refractivity contribution in [1.29, 1.82) is 0 Å². The van der Waals surface area contributed by atoms with E-state index in [4.69, 9.17) is 19.9 Å². The molecule has 0 aromatic carbocycles. The fraction of sp³-hybridized carbons (Fsp3) is 0.818. The van der Waals surface area contributed by atoms with Gasteiger partial charge in [-0.05, 0) is 0 Å². The molecule has 92 valence electrons. The molecule has 0 aliphatic carbocycles. The Balaban J connectivity index is 0. The van der Waals surface area contributed by atoms with Gasteiger partial charge in [0.15, 0.2) is 0 Å². The average molecular weight is 219 g/mol. The maximum Gasteiger partial charge on any atom is 0.147 e. The first-order chi connectivity index (χ1) is 7.33. The Morgan fingerprint density at radius 3 is 2.27 bits per heavy atom. The van der Waals surface area contributed by atoms with Gasteiger partial charge in [0.1, 0.15) is 6.79 Å². The van der Waals surface area contributed by atoms with Crippen LogP contribution in [0.4, 0.5) is 0 Å². The quantitative estimate of drug-likeness (QED) is 0.382. The van der Waals surface area contributed by atoms with Crippen LogP contribution in [0.15, 0.2) is 12.2 Å². The van der Waals surface area contributed by atoms with Gasteiger partial charge in [0.05, 0.1) is 19.8 Å². The number of hydrogen-bond donors (Lipinski definition) is 1. The molecule has 0 saturated heterocycles. The SMILES string of the molecule is CCC.COCCOCOCC=CCN. The smallest absolute Gasteiger partial charge is 0.147 e. The van der Waals surface area contributed by atoms with Gasteiger partial charge in [0.25, 0.3) is 0 Å². The van der Waals surface area contributed by atoms with Crippen LogP contribution in [0, 0.1) is 0 Å². The highest BCUT2D eigenvalue weighted by Crippen LogP contribution is 1.80. The van der Waals surface area contributed by atoms with Crippen molar-refractivity contribution in [2.45, 2.75) is 20.3 Å². The van der Waals surface area contributed by atoms with Gasteiger partial charge in [0.2, 0.25) is 0 Å². The predicted molar refractivity (Wildman–Crippen MR) is 62.8 cm³/mol. The molecule has 0 atom stereocenters. The maximum atomic E-state index is 5.22. The van der Waals surface area contributed by atoms with Crippen molar-refractivity contribution in [3.05, 3.63) is 12.2 Å². The minimum absolute atomic E-state index is 0.304. The van der Waals surface area contributed by atoms with E-state index in [-0.39, 0.29) is 0 Å². The lowest BCUT2D eigenvalue weighted by atomic mass is 10.5. The Morgan fingerprint density at radius 2 is 1.73 bits per heavy atom. The molecule has 15 heavy (non-hydrogen) atoms. The van der Waals surface area contributed by atoms with Crippen LogP contribution in [0.2, 0.25) is 0 Å². The van der Waals surface area contributed by atoms with Gasteiger partial charge >= 0.3 is 0 Å². The molecule has 0 amide bonds. The van der Waals surface area contributed by atoms with E-state index in [0.717, 1.165) is 0 Å². The number of rotatable bonds is 8. The van der Waals surface area contributed by atoms with Gasteiger partial charge in [-0.3, -0.25) is 0 Å². The summed E-state index contributed by atoms with van der Waals surface area (Å²) in [6.45, 7) is 6.81. The molecular formula is C11H25NO3. The van der Waals surface area contributed by atoms with E-state index in [0.29, 0.717) is 33.2 Å². The summed E-state index contributed by atoms with van der Waals surface area (Å²) in [7, 11) is 1.63. The Morgan fingerprint density at radius 1 is 1.07 bits per heavy atom. The van der Waals surface area contributed by atoms with Crippen LogP contribution in [0.3, 0.4) is 0 Å². The van der Waals surface area contributed by atoms with E-state index in [1.807, 2.05) is 12.2 Å². The summed E-state index contributed by atoms with van der Waals surface area (Å²) < 4.78 is 14.9. The van der Waals surface area contributed by atoms with Crippen LogP contribution < -0.4 is 5.73 Å². The second-order valence-electron chi connectivity index (χ2n) is 2.80. The molecule has 0 saturated carbocycles. The molecule has 0 aliphatic rings. The van der Waals surface area contributed by atoms with Crippen LogP contribution >= 0.6 is 0 Å². The Labute approximate surface area is 93.4 Å². The van der Waals surface area contributed by atoms with Gasteiger partial charge in [-0.25, -0.2) is 0 Å². The summed E-state index contributed by atoms with van der Waals surface area (Å²) in [5, 5.41) is 0. The van der Waals surface area contributed by atoms with Crippen LogP contribution in [-0.2, 0) is 14.2 Å². The number of methoxy groups -OCH3 is 1. The monoisotopic (exact) mass is 219 g/mol. The number of ether oxygens (including phenoxy) is 3. The third kappa shape index (κ3) is 24.7. The molecule has 2 N–H and O–H groups in total. The highest BCUT2D eigenvalue weighted by atomic mass is 16.7. The largest absolute Gasteiger partial charge is 0.382 e. The summed E-state index contributed by atoms with van der Waals surface area (Å²) >= 11 is 0. The van der Waals surface area contributed by atoms with Gasteiger partial charge in [-0.2, -0.15) is 0 Å². The summed E-state index contributed by atoms with van der Waals surface area (Å²) in [4.78, 5) is 0. The van der Waals surface area contributed by atoms with Crippen molar-refractivity contribution >= 4 is 0 Å². The van der Waals surface area contributed by atoms with Crippen molar-refractivity contribution in [3.8, 4) is 0 Å². The van der Waals surface area contributed by atoms with E-state index >= 15 is 0 Å². The van der Waals surface area contributed by atoms with Crippen LogP contribution in [0.25, 0.3) is 0 Å². The predicted octanol–water partition coefficient (Wildman–Crippen LogP) is 1.55. The minimum atomic E-state index is 0.304. The molecule has 0 aliphatic heterocycles. The van der Waals surface area contributed by atoms with Crippen LogP contribution in [0.5, 0.6) is 0 Å². The Kier molecular flexibility index (Phi) is 21.7. The third-order valence-corrected chi connectivity index (χ3v) is 1.12. The summed E-state index contributed by atoms with van der Waals surface area (Å²) in [6, 6.07) is 0. The zero-order valence-corrected chi connectivity index (χ0v) is 10.2. The average Bonchev–Trinajstić information content (AvgIpc) is 2.23. The molecule has 4 nitrogen and oxygen atoms in total. The van der Waals surface area contributed by atoms with Gasteiger partial charge < -0.3 is 19.9 Å². The van der Waals surface area contributed by atoms with E-state index in [2.05, 4.69) is 13.8 Å². The minimum Gasteiger partial charge on any atom is -0.382 e. The molecule has 0 unspecified atom stereocenters. The third-order valence-electron chi connectivity index (χ3n) is 1.12. The summed E-state index contributed by atoms with van der Waals surface area (Å²) in [5.41, 5.74) is 5.22. The van der Waals surface area contributed by atoms with E-state index < -0.39 is 0 Å². The van der Waals surface area contributed by atoms with Crippen molar-refractivity contribution in [2.24, 2.45) is 5.73 Å². The molecule has 0 rings (SSSR count). The molecule has 0 heterocycles. The fourth-order valence-corrected chi connectivity index (χ4v) is 0.541. The first-order valence-electron chi connectivity index (χ1n) is 5.32. The molecule has 0 aromatic heterocycles. The second-order valence-corrected chi connectivity index (χ2v) is 2.80. The van der Waals surface area contributed by atoms with Crippen molar-refractivity contribution in [1.82, 2.24) is 0 Å². The van der Waals surface area contributed by atoms with Crippen molar-refractivity contribution in [2.75, 3.05) is 40.3 Å². The molecule has 0 bridgehead atoms. The van der Waals surface area contributed by atoms with E-state index in [9.17, 15) is 0 Å². The molecule has 0 fully saturated rings. The molecule has 4 heteroatoms. The Bertz CT molecular complexity index is 118. The number of hydrogen-bond acceptors (Lipinski definition) is 4. The van der Waals surface area contributed by atoms with E-state index in [1.165, 1.54) is 6.42 Å². The van der Waals surface area contributed by atoms with Crippen LogP contribution in [-0.4, -0.2) is 40.3 Å². The highest BCUT2D eigenvalue weighted by molar-refractivity contribution is 4.81. The maximum absolute atomic E-state index is 5.22. The number of nitrogens with two attached hydrogens (primary N) is 1. The van der Waals surface area contributed by atoms with Gasteiger partial charge in [0, 0.05) is 13.7 Å².